The summed E-state index contributed by atoms with van der Waals surface area (Å²) in [5.74, 6) is -0.332. The molecule has 20 heavy (non-hydrogen) atoms. The summed E-state index contributed by atoms with van der Waals surface area (Å²) in [4.78, 5) is 27.2. The minimum atomic E-state index is -0.759. The molecular formula is C15H21ClN2O2. The van der Waals surface area contributed by atoms with Gasteiger partial charge in [0.1, 0.15) is 5.38 Å². The van der Waals surface area contributed by atoms with Crippen molar-refractivity contribution in [2.75, 3.05) is 26.7 Å². The molecule has 0 saturated carbocycles. The zero-order valence-electron chi connectivity index (χ0n) is 12.2. The first-order chi connectivity index (χ1) is 9.51. The number of benzene rings is 1. The Morgan fingerprint density at radius 1 is 1.15 bits per heavy atom. The first kappa shape index (κ1) is 16.5. The number of likely N-dealkylation sites (N-methyl/N-ethyl adjacent to an activating group) is 2. The van der Waals surface area contributed by atoms with E-state index in [1.165, 1.54) is 4.90 Å². The number of amides is 2. The summed E-state index contributed by atoms with van der Waals surface area (Å²) in [7, 11) is 1.60. The Bertz CT molecular complexity index is 446. The smallest absolute Gasteiger partial charge is 0.245 e. The third kappa shape index (κ3) is 4.23. The molecule has 0 aliphatic heterocycles. The van der Waals surface area contributed by atoms with Crippen LogP contribution in [-0.2, 0) is 9.59 Å². The fourth-order valence-corrected chi connectivity index (χ4v) is 2.23. The first-order valence-electron chi connectivity index (χ1n) is 6.73. The summed E-state index contributed by atoms with van der Waals surface area (Å²) < 4.78 is 0. The number of alkyl halides is 1. The van der Waals surface area contributed by atoms with Gasteiger partial charge in [0.25, 0.3) is 0 Å². The molecule has 0 spiro atoms. The topological polar surface area (TPSA) is 40.6 Å². The van der Waals surface area contributed by atoms with Gasteiger partial charge in [-0.3, -0.25) is 9.59 Å². The number of carbonyl (C=O) groups excluding carboxylic acids is 2. The van der Waals surface area contributed by atoms with Crippen LogP contribution in [0.4, 0.5) is 0 Å². The SMILES string of the molecule is CCN(CC)C(=O)CN(C)C(=O)C(Cl)c1ccccc1. The van der Waals surface area contributed by atoms with Crippen LogP contribution < -0.4 is 0 Å². The lowest BCUT2D eigenvalue weighted by atomic mass is 10.1. The van der Waals surface area contributed by atoms with Crippen LogP contribution in [0.2, 0.25) is 0 Å². The molecule has 0 heterocycles. The van der Waals surface area contributed by atoms with Crippen LogP contribution in [-0.4, -0.2) is 48.3 Å². The highest BCUT2D eigenvalue weighted by Crippen LogP contribution is 2.22. The quantitative estimate of drug-likeness (QED) is 0.756. The lowest BCUT2D eigenvalue weighted by Gasteiger charge is -2.24. The number of hydrogen-bond donors (Lipinski definition) is 0. The summed E-state index contributed by atoms with van der Waals surface area (Å²) in [6, 6.07) is 9.13. The fraction of sp³-hybridized carbons (Fsp3) is 0.467. The van der Waals surface area contributed by atoms with Gasteiger partial charge in [-0.25, -0.2) is 0 Å². The predicted octanol–water partition coefficient (Wildman–Crippen LogP) is 2.29. The summed E-state index contributed by atoms with van der Waals surface area (Å²) in [5, 5.41) is -0.759. The average Bonchev–Trinajstić information content (AvgIpc) is 2.47. The van der Waals surface area contributed by atoms with Crippen LogP contribution in [0, 0.1) is 0 Å². The first-order valence-corrected chi connectivity index (χ1v) is 7.16. The molecule has 4 nitrogen and oxygen atoms in total. The average molecular weight is 297 g/mol. The molecule has 110 valence electrons. The van der Waals surface area contributed by atoms with Crippen molar-refractivity contribution in [2.24, 2.45) is 0 Å². The van der Waals surface area contributed by atoms with Crippen molar-refractivity contribution in [3.8, 4) is 0 Å². The molecule has 5 heteroatoms. The molecule has 1 unspecified atom stereocenters. The van der Waals surface area contributed by atoms with Gasteiger partial charge in [-0.15, -0.1) is 11.6 Å². The van der Waals surface area contributed by atoms with E-state index in [9.17, 15) is 9.59 Å². The highest BCUT2D eigenvalue weighted by Gasteiger charge is 2.23. The highest BCUT2D eigenvalue weighted by atomic mass is 35.5. The predicted molar refractivity (Wildman–Crippen MR) is 80.6 cm³/mol. The van der Waals surface area contributed by atoms with Crippen LogP contribution in [0.5, 0.6) is 0 Å². The van der Waals surface area contributed by atoms with Gasteiger partial charge in [0.15, 0.2) is 0 Å². The van der Waals surface area contributed by atoms with Crippen molar-refractivity contribution < 1.29 is 9.59 Å². The molecule has 2 amide bonds. The lowest BCUT2D eigenvalue weighted by Crippen LogP contribution is -2.41. The maximum atomic E-state index is 12.2. The standard InChI is InChI=1S/C15H21ClN2O2/c1-4-18(5-2)13(19)11-17(3)15(20)14(16)12-9-7-6-8-10-12/h6-10,14H,4-5,11H2,1-3H3. The Kier molecular flexibility index (Phi) is 6.52. The summed E-state index contributed by atoms with van der Waals surface area (Å²) in [6.45, 7) is 5.16. The van der Waals surface area contributed by atoms with Gasteiger partial charge >= 0.3 is 0 Å². The number of carbonyl (C=O) groups is 2. The number of hydrogen-bond acceptors (Lipinski definition) is 2. The van der Waals surface area contributed by atoms with Gasteiger partial charge in [-0.1, -0.05) is 30.3 Å². The third-order valence-corrected chi connectivity index (χ3v) is 3.61. The number of rotatable bonds is 6. The van der Waals surface area contributed by atoms with Gasteiger partial charge < -0.3 is 9.80 Å². The lowest BCUT2D eigenvalue weighted by molar-refractivity contribution is -0.139. The Balaban J connectivity index is 2.65. The van der Waals surface area contributed by atoms with E-state index in [-0.39, 0.29) is 18.4 Å². The van der Waals surface area contributed by atoms with E-state index >= 15 is 0 Å². The van der Waals surface area contributed by atoms with Crippen molar-refractivity contribution in [3.63, 3.8) is 0 Å². The second-order valence-electron chi connectivity index (χ2n) is 4.53. The Labute approximate surface area is 125 Å². The van der Waals surface area contributed by atoms with Gasteiger partial charge in [0.2, 0.25) is 11.8 Å². The Morgan fingerprint density at radius 2 is 1.70 bits per heavy atom. The summed E-state index contributed by atoms with van der Waals surface area (Å²) in [5.41, 5.74) is 0.737. The van der Waals surface area contributed by atoms with E-state index in [1.54, 1.807) is 24.1 Å². The van der Waals surface area contributed by atoms with E-state index in [4.69, 9.17) is 11.6 Å². The second-order valence-corrected chi connectivity index (χ2v) is 4.97. The number of nitrogens with zero attached hydrogens (tertiary/aromatic N) is 2. The van der Waals surface area contributed by atoms with Crippen LogP contribution in [0.25, 0.3) is 0 Å². The molecule has 1 aromatic rings. The van der Waals surface area contributed by atoms with E-state index in [0.717, 1.165) is 5.56 Å². The molecule has 0 radical (unpaired) electrons. The van der Waals surface area contributed by atoms with Gasteiger partial charge in [-0.05, 0) is 19.4 Å². The van der Waals surface area contributed by atoms with E-state index in [0.29, 0.717) is 13.1 Å². The third-order valence-electron chi connectivity index (χ3n) is 3.17. The molecule has 0 aromatic heterocycles. The molecule has 0 fully saturated rings. The van der Waals surface area contributed by atoms with Gasteiger partial charge in [0.05, 0.1) is 6.54 Å². The molecule has 1 atom stereocenters. The minimum Gasteiger partial charge on any atom is -0.342 e. The second kappa shape index (κ2) is 7.90. The van der Waals surface area contributed by atoms with Crippen LogP contribution in [0.3, 0.4) is 0 Å². The van der Waals surface area contributed by atoms with Crippen molar-refractivity contribution in [1.29, 1.82) is 0 Å². The zero-order chi connectivity index (χ0) is 15.1. The zero-order valence-corrected chi connectivity index (χ0v) is 12.9. The molecular weight excluding hydrogens is 276 g/mol. The van der Waals surface area contributed by atoms with E-state index in [2.05, 4.69) is 0 Å². The minimum absolute atomic E-state index is 0.0521. The van der Waals surface area contributed by atoms with E-state index < -0.39 is 5.38 Å². The summed E-state index contributed by atoms with van der Waals surface area (Å²) in [6.07, 6.45) is 0. The van der Waals surface area contributed by atoms with E-state index in [1.807, 2.05) is 32.0 Å². The van der Waals surface area contributed by atoms with Crippen molar-refractivity contribution in [2.45, 2.75) is 19.2 Å². The molecule has 1 rings (SSSR count). The Hall–Kier alpha value is -1.55. The monoisotopic (exact) mass is 296 g/mol. The van der Waals surface area contributed by atoms with Crippen LogP contribution in [0.15, 0.2) is 30.3 Å². The maximum Gasteiger partial charge on any atom is 0.245 e. The largest absolute Gasteiger partial charge is 0.342 e. The fourth-order valence-electron chi connectivity index (χ4n) is 1.92. The molecule has 1 aromatic carbocycles. The van der Waals surface area contributed by atoms with Crippen molar-refractivity contribution in [1.82, 2.24) is 9.80 Å². The molecule has 0 aliphatic carbocycles. The molecule has 0 aliphatic rings. The molecule has 0 saturated heterocycles. The molecule has 0 bridgehead atoms. The molecule has 0 N–H and O–H groups in total. The maximum absolute atomic E-state index is 12.2. The summed E-state index contributed by atoms with van der Waals surface area (Å²) >= 11 is 6.17. The normalized spacial score (nSPS) is 11.8. The Morgan fingerprint density at radius 3 is 2.20 bits per heavy atom. The van der Waals surface area contributed by atoms with Crippen LogP contribution in [0.1, 0.15) is 24.8 Å². The van der Waals surface area contributed by atoms with Crippen molar-refractivity contribution >= 4 is 23.4 Å². The van der Waals surface area contributed by atoms with Crippen molar-refractivity contribution in [3.05, 3.63) is 35.9 Å². The van der Waals surface area contributed by atoms with Crippen LogP contribution >= 0.6 is 11.6 Å². The number of halogens is 1. The highest BCUT2D eigenvalue weighted by molar-refractivity contribution is 6.30. The van der Waals surface area contributed by atoms with Gasteiger partial charge in [-0.2, -0.15) is 0 Å². The van der Waals surface area contributed by atoms with Gasteiger partial charge in [0, 0.05) is 20.1 Å².